The fourth-order valence-electron chi connectivity index (χ4n) is 4.12. The molecular weight excluding hydrogens is 396 g/mol. The first-order valence-corrected chi connectivity index (χ1v) is 12.4. The summed E-state index contributed by atoms with van der Waals surface area (Å²) in [6.07, 6.45) is 4.68. The molecule has 2 heterocycles. The van der Waals surface area contributed by atoms with Crippen LogP contribution in [0.5, 0.6) is 0 Å². The predicted octanol–water partition coefficient (Wildman–Crippen LogP) is 2.52. The third kappa shape index (κ3) is 4.41. The Hall–Kier alpha value is -1.87. The highest BCUT2D eigenvalue weighted by Crippen LogP contribution is 2.30. The molecule has 9 heteroatoms. The number of benzene rings is 1. The van der Waals surface area contributed by atoms with Gasteiger partial charge >= 0.3 is 0 Å². The molecule has 0 spiro atoms. The second kappa shape index (κ2) is 8.24. The van der Waals surface area contributed by atoms with Crippen LogP contribution in [0.4, 0.5) is 0 Å². The van der Waals surface area contributed by atoms with Crippen molar-refractivity contribution in [1.82, 2.24) is 20.1 Å². The van der Waals surface area contributed by atoms with E-state index in [9.17, 15) is 13.2 Å². The maximum Gasteiger partial charge on any atom is 0.233 e. The van der Waals surface area contributed by atoms with Gasteiger partial charge in [-0.2, -0.15) is 0 Å². The van der Waals surface area contributed by atoms with Gasteiger partial charge in [0.1, 0.15) is 0 Å². The number of hydrogen-bond acceptors (Lipinski definition) is 6. The van der Waals surface area contributed by atoms with Gasteiger partial charge in [0.15, 0.2) is 15.7 Å². The molecule has 1 aromatic carbocycles. The van der Waals surface area contributed by atoms with Crippen LogP contribution in [0.25, 0.3) is 11.4 Å². The summed E-state index contributed by atoms with van der Waals surface area (Å²) in [7, 11) is -3.03. The number of amides is 1. The van der Waals surface area contributed by atoms with Crippen LogP contribution < -0.4 is 0 Å². The number of hydrogen-bond donors (Lipinski definition) is 1. The number of nitrogens with zero attached hydrogens (tertiary/aromatic N) is 3. The normalized spacial score (nSPS) is 21.8. The highest BCUT2D eigenvalue weighted by molar-refractivity contribution is 7.99. The lowest BCUT2D eigenvalue weighted by molar-refractivity contribution is -0.132. The SMILES string of the molecule is O=C(CSc1n[nH]c(-c2ccccc2)n1)N(C1CCCC1)[C@@H]1CCS(=O)(=O)C1. The third-order valence-electron chi connectivity index (χ3n) is 5.44. The van der Waals surface area contributed by atoms with Gasteiger partial charge in [-0.25, -0.2) is 13.4 Å². The van der Waals surface area contributed by atoms with Crippen molar-refractivity contribution < 1.29 is 13.2 Å². The van der Waals surface area contributed by atoms with Gasteiger partial charge in [0, 0.05) is 17.6 Å². The first-order valence-electron chi connectivity index (χ1n) is 9.64. The van der Waals surface area contributed by atoms with Crippen LogP contribution in [0.1, 0.15) is 32.1 Å². The van der Waals surface area contributed by atoms with E-state index in [0.717, 1.165) is 31.2 Å². The molecule has 0 bridgehead atoms. The molecule has 2 aliphatic rings. The summed E-state index contributed by atoms with van der Waals surface area (Å²) in [6.45, 7) is 0. The minimum Gasteiger partial charge on any atom is -0.335 e. The Labute approximate surface area is 169 Å². The molecule has 7 nitrogen and oxygen atoms in total. The fraction of sp³-hybridized carbons (Fsp3) is 0.526. The summed E-state index contributed by atoms with van der Waals surface area (Å²) >= 11 is 1.30. The Balaban J connectivity index is 1.42. The molecule has 4 rings (SSSR count). The zero-order chi connectivity index (χ0) is 19.6. The van der Waals surface area contributed by atoms with Gasteiger partial charge in [-0.05, 0) is 19.3 Å². The highest BCUT2D eigenvalue weighted by atomic mass is 32.2. The lowest BCUT2D eigenvalue weighted by atomic mass is 10.1. The van der Waals surface area contributed by atoms with Crippen LogP contribution in [-0.2, 0) is 14.6 Å². The molecule has 28 heavy (non-hydrogen) atoms. The number of carbonyl (C=O) groups excluding carboxylic acids is 1. The molecular formula is C19H24N4O3S2. The minimum absolute atomic E-state index is 0.00920. The van der Waals surface area contributed by atoms with E-state index < -0.39 is 9.84 Å². The number of aromatic nitrogens is 3. The number of H-pyrrole nitrogens is 1. The Kier molecular flexibility index (Phi) is 5.73. The molecule has 2 fully saturated rings. The maximum absolute atomic E-state index is 13.0. The van der Waals surface area contributed by atoms with E-state index in [2.05, 4.69) is 15.2 Å². The molecule has 0 radical (unpaired) electrons. The number of rotatable bonds is 6. The topological polar surface area (TPSA) is 96.0 Å². The standard InChI is InChI=1S/C19H24N4O3S2/c24-17(12-27-19-20-18(21-22-19)14-6-2-1-3-7-14)23(15-8-4-5-9-15)16-10-11-28(25,26)13-16/h1-3,6-7,15-16H,4-5,8-13H2,(H,20,21,22)/t16-/m1/s1. The van der Waals surface area contributed by atoms with E-state index in [4.69, 9.17) is 0 Å². The van der Waals surface area contributed by atoms with E-state index >= 15 is 0 Å². The van der Waals surface area contributed by atoms with Gasteiger partial charge in [-0.15, -0.1) is 5.10 Å². The number of nitrogens with one attached hydrogen (secondary N) is 1. The van der Waals surface area contributed by atoms with Crippen LogP contribution in [0, 0.1) is 0 Å². The molecule has 1 aliphatic heterocycles. The Morgan fingerprint density at radius 1 is 1.14 bits per heavy atom. The zero-order valence-corrected chi connectivity index (χ0v) is 17.2. The molecule has 1 atom stereocenters. The smallest absolute Gasteiger partial charge is 0.233 e. The number of sulfone groups is 1. The monoisotopic (exact) mass is 420 g/mol. The van der Waals surface area contributed by atoms with Crippen LogP contribution >= 0.6 is 11.8 Å². The molecule has 2 aromatic rings. The van der Waals surface area contributed by atoms with Crippen LogP contribution in [0.3, 0.4) is 0 Å². The number of carbonyl (C=O) groups is 1. The third-order valence-corrected chi connectivity index (χ3v) is 8.03. The van der Waals surface area contributed by atoms with E-state index in [0.29, 0.717) is 17.4 Å². The summed E-state index contributed by atoms with van der Waals surface area (Å²) in [5.74, 6) is 1.16. The van der Waals surface area contributed by atoms with Crippen molar-refractivity contribution in [2.75, 3.05) is 17.3 Å². The second-order valence-corrected chi connectivity index (χ2v) is 10.6. The van der Waals surface area contributed by atoms with Crippen molar-refractivity contribution in [3.8, 4) is 11.4 Å². The van der Waals surface area contributed by atoms with Crippen molar-refractivity contribution in [2.24, 2.45) is 0 Å². The van der Waals surface area contributed by atoms with Crippen LogP contribution in [0.15, 0.2) is 35.5 Å². The van der Waals surface area contributed by atoms with Gasteiger partial charge in [-0.3, -0.25) is 9.89 Å². The zero-order valence-electron chi connectivity index (χ0n) is 15.6. The highest BCUT2D eigenvalue weighted by Gasteiger charge is 2.38. The molecule has 150 valence electrons. The van der Waals surface area contributed by atoms with Gasteiger partial charge < -0.3 is 4.90 Å². The van der Waals surface area contributed by atoms with Gasteiger partial charge in [-0.1, -0.05) is 54.9 Å². The largest absolute Gasteiger partial charge is 0.335 e. The fourth-order valence-corrected chi connectivity index (χ4v) is 6.50. The lowest BCUT2D eigenvalue weighted by Crippen LogP contribution is -2.47. The Bertz CT molecular complexity index is 924. The Morgan fingerprint density at radius 3 is 2.57 bits per heavy atom. The van der Waals surface area contributed by atoms with Gasteiger partial charge in [0.05, 0.1) is 17.3 Å². The van der Waals surface area contributed by atoms with Crippen molar-refractivity contribution >= 4 is 27.5 Å². The van der Waals surface area contributed by atoms with Gasteiger partial charge in [0.2, 0.25) is 11.1 Å². The Morgan fingerprint density at radius 2 is 1.89 bits per heavy atom. The van der Waals surface area contributed by atoms with E-state index in [1.165, 1.54) is 11.8 Å². The summed E-state index contributed by atoms with van der Waals surface area (Å²) in [5.41, 5.74) is 0.942. The second-order valence-electron chi connectivity index (χ2n) is 7.42. The average Bonchev–Trinajstić information content (AvgIpc) is 3.43. The summed E-state index contributed by atoms with van der Waals surface area (Å²) < 4.78 is 23.9. The lowest BCUT2D eigenvalue weighted by Gasteiger charge is -2.34. The van der Waals surface area contributed by atoms with Crippen molar-refractivity contribution in [1.29, 1.82) is 0 Å². The van der Waals surface area contributed by atoms with Crippen LogP contribution in [0.2, 0.25) is 0 Å². The first-order chi connectivity index (χ1) is 13.5. The predicted molar refractivity (Wildman–Crippen MR) is 109 cm³/mol. The summed E-state index contributed by atoms with van der Waals surface area (Å²) in [6, 6.07) is 9.68. The van der Waals surface area contributed by atoms with Crippen molar-refractivity contribution in [2.45, 2.75) is 49.3 Å². The van der Waals surface area contributed by atoms with Gasteiger partial charge in [0.25, 0.3) is 0 Å². The minimum atomic E-state index is -3.03. The van der Waals surface area contributed by atoms with E-state index in [1.54, 1.807) is 0 Å². The molecule has 1 aromatic heterocycles. The summed E-state index contributed by atoms with van der Waals surface area (Å²) in [4.78, 5) is 19.4. The van der Waals surface area contributed by atoms with Crippen molar-refractivity contribution in [3.05, 3.63) is 30.3 Å². The van der Waals surface area contributed by atoms with E-state index in [-0.39, 0.29) is 35.2 Å². The van der Waals surface area contributed by atoms with Crippen molar-refractivity contribution in [3.63, 3.8) is 0 Å². The maximum atomic E-state index is 13.0. The number of aromatic amines is 1. The molecule has 0 unspecified atom stereocenters. The number of thioether (sulfide) groups is 1. The quantitative estimate of drug-likeness (QED) is 0.722. The first kappa shape index (κ1) is 19.4. The summed E-state index contributed by atoms with van der Waals surface area (Å²) in [5, 5.41) is 7.64. The van der Waals surface area contributed by atoms with E-state index in [1.807, 2.05) is 35.2 Å². The molecule has 1 N–H and O–H groups in total. The molecule has 1 saturated heterocycles. The molecule has 1 amide bonds. The molecule has 1 aliphatic carbocycles. The average molecular weight is 421 g/mol. The van der Waals surface area contributed by atoms with Crippen LogP contribution in [-0.4, -0.2) is 63.7 Å². The molecule has 1 saturated carbocycles.